The van der Waals surface area contributed by atoms with Crippen molar-refractivity contribution in [2.75, 3.05) is 0 Å². The molecule has 4 N–H and O–H groups in total. The number of rotatable bonds is 4. The van der Waals surface area contributed by atoms with Crippen molar-refractivity contribution in [1.29, 1.82) is 0 Å². The van der Waals surface area contributed by atoms with Gasteiger partial charge in [0.2, 0.25) is 5.91 Å². The molecule has 0 fully saturated rings. The second-order valence-corrected chi connectivity index (χ2v) is 3.07. The predicted molar refractivity (Wildman–Crippen MR) is 53.9 cm³/mol. The van der Waals surface area contributed by atoms with Gasteiger partial charge in [-0.1, -0.05) is 12.1 Å². The standard InChI is InChI=1S/C10H14N2O2/c11-10(13,14)7-3-1-5-9-6-2-4-8-12-9/h1-2,4-6,8,13-14H,3,7,11H2/b5-1+. The van der Waals surface area contributed by atoms with Gasteiger partial charge in [-0.2, -0.15) is 0 Å². The fourth-order valence-corrected chi connectivity index (χ4v) is 0.974. The lowest BCUT2D eigenvalue weighted by atomic mass is 10.2. The number of nitrogens with zero attached hydrogens (tertiary/aromatic N) is 1. The highest BCUT2D eigenvalue weighted by Gasteiger charge is 2.12. The molecular weight excluding hydrogens is 180 g/mol. The SMILES string of the molecule is NC(O)(O)CC/C=C/c1ccccn1. The highest BCUT2D eigenvalue weighted by atomic mass is 16.5. The molecule has 0 spiro atoms. The Kier molecular flexibility index (Phi) is 3.76. The lowest BCUT2D eigenvalue weighted by Gasteiger charge is -2.12. The maximum absolute atomic E-state index is 8.80. The van der Waals surface area contributed by atoms with Gasteiger partial charge in [0, 0.05) is 12.6 Å². The monoisotopic (exact) mass is 194 g/mol. The molecule has 4 heteroatoms. The average molecular weight is 194 g/mol. The molecular formula is C10H14N2O2. The second kappa shape index (κ2) is 4.85. The summed E-state index contributed by atoms with van der Waals surface area (Å²) in [6, 6.07) is 5.59. The van der Waals surface area contributed by atoms with Gasteiger partial charge < -0.3 is 10.2 Å². The minimum atomic E-state index is -2.07. The fraction of sp³-hybridized carbons (Fsp3) is 0.300. The first-order valence-electron chi connectivity index (χ1n) is 4.39. The van der Waals surface area contributed by atoms with Crippen LogP contribution in [0.1, 0.15) is 18.5 Å². The van der Waals surface area contributed by atoms with Crippen LogP contribution >= 0.6 is 0 Å². The number of aliphatic hydroxyl groups is 2. The first-order chi connectivity index (χ1) is 6.58. The zero-order valence-electron chi connectivity index (χ0n) is 7.80. The Balaban J connectivity index is 2.35. The quantitative estimate of drug-likeness (QED) is 0.609. The van der Waals surface area contributed by atoms with Gasteiger partial charge in [-0.25, -0.2) is 0 Å². The lowest BCUT2D eigenvalue weighted by Crippen LogP contribution is -2.38. The first kappa shape index (κ1) is 10.8. The fourth-order valence-electron chi connectivity index (χ4n) is 0.974. The Bertz CT molecular complexity index is 291. The number of allylic oxidation sites excluding steroid dienone is 1. The van der Waals surface area contributed by atoms with Crippen LogP contribution in [0.25, 0.3) is 6.08 Å². The van der Waals surface area contributed by atoms with Crippen molar-refractivity contribution in [3.8, 4) is 0 Å². The predicted octanol–water partition coefficient (Wildman–Crippen LogP) is 0.472. The summed E-state index contributed by atoms with van der Waals surface area (Å²) in [6.45, 7) is 0. The molecule has 0 unspecified atom stereocenters. The van der Waals surface area contributed by atoms with Crippen LogP contribution in [-0.2, 0) is 0 Å². The van der Waals surface area contributed by atoms with E-state index in [1.54, 1.807) is 12.3 Å². The van der Waals surface area contributed by atoms with E-state index in [-0.39, 0.29) is 6.42 Å². The van der Waals surface area contributed by atoms with E-state index < -0.39 is 5.91 Å². The van der Waals surface area contributed by atoms with E-state index in [1.807, 2.05) is 24.3 Å². The topological polar surface area (TPSA) is 79.4 Å². The molecule has 0 aromatic carbocycles. The average Bonchev–Trinajstić information content (AvgIpc) is 2.13. The van der Waals surface area contributed by atoms with Gasteiger partial charge in [0.15, 0.2) is 0 Å². The van der Waals surface area contributed by atoms with Crippen molar-refractivity contribution >= 4 is 6.08 Å². The summed E-state index contributed by atoms with van der Waals surface area (Å²) in [4.78, 5) is 4.07. The molecule has 0 saturated heterocycles. The van der Waals surface area contributed by atoms with E-state index in [9.17, 15) is 0 Å². The van der Waals surface area contributed by atoms with Crippen LogP contribution in [0.5, 0.6) is 0 Å². The van der Waals surface area contributed by atoms with Crippen molar-refractivity contribution in [3.05, 3.63) is 36.2 Å². The number of aromatic nitrogens is 1. The summed E-state index contributed by atoms with van der Waals surface area (Å²) in [6.07, 6.45) is 5.92. The van der Waals surface area contributed by atoms with Crippen LogP contribution in [0.3, 0.4) is 0 Å². The molecule has 1 aromatic rings. The second-order valence-electron chi connectivity index (χ2n) is 3.07. The Morgan fingerprint density at radius 3 is 2.79 bits per heavy atom. The Morgan fingerprint density at radius 1 is 1.43 bits per heavy atom. The lowest BCUT2D eigenvalue weighted by molar-refractivity contribution is -0.159. The van der Waals surface area contributed by atoms with E-state index >= 15 is 0 Å². The molecule has 0 saturated carbocycles. The van der Waals surface area contributed by atoms with Crippen LogP contribution in [0, 0.1) is 0 Å². The summed E-state index contributed by atoms with van der Waals surface area (Å²) in [7, 11) is 0. The maximum Gasteiger partial charge on any atom is 0.220 e. The largest absolute Gasteiger partial charge is 0.354 e. The van der Waals surface area contributed by atoms with Crippen LogP contribution < -0.4 is 5.73 Å². The number of hydrogen-bond donors (Lipinski definition) is 3. The van der Waals surface area contributed by atoms with Gasteiger partial charge in [0.1, 0.15) is 0 Å². The summed E-state index contributed by atoms with van der Waals surface area (Å²) in [5.74, 6) is -2.07. The van der Waals surface area contributed by atoms with Crippen molar-refractivity contribution < 1.29 is 10.2 Å². The van der Waals surface area contributed by atoms with E-state index in [1.165, 1.54) is 0 Å². The van der Waals surface area contributed by atoms with Gasteiger partial charge in [0.05, 0.1) is 5.69 Å². The third-order valence-corrected chi connectivity index (χ3v) is 1.66. The molecule has 14 heavy (non-hydrogen) atoms. The van der Waals surface area contributed by atoms with E-state index in [2.05, 4.69) is 4.98 Å². The first-order valence-corrected chi connectivity index (χ1v) is 4.39. The summed E-state index contributed by atoms with van der Waals surface area (Å²) < 4.78 is 0. The van der Waals surface area contributed by atoms with Gasteiger partial charge >= 0.3 is 0 Å². The molecule has 1 heterocycles. The Labute approximate surface area is 82.7 Å². The molecule has 0 aliphatic heterocycles. The van der Waals surface area contributed by atoms with Crippen LogP contribution in [-0.4, -0.2) is 21.1 Å². The van der Waals surface area contributed by atoms with Crippen molar-refractivity contribution in [3.63, 3.8) is 0 Å². The number of pyridine rings is 1. The highest BCUT2D eigenvalue weighted by Crippen LogP contribution is 2.04. The van der Waals surface area contributed by atoms with Crippen LogP contribution in [0.15, 0.2) is 30.5 Å². The smallest absolute Gasteiger partial charge is 0.220 e. The van der Waals surface area contributed by atoms with Crippen LogP contribution in [0.4, 0.5) is 0 Å². The molecule has 4 nitrogen and oxygen atoms in total. The molecule has 0 radical (unpaired) electrons. The van der Waals surface area contributed by atoms with E-state index in [4.69, 9.17) is 15.9 Å². The molecule has 0 amide bonds. The zero-order chi connectivity index (χ0) is 10.4. The summed E-state index contributed by atoms with van der Waals surface area (Å²) >= 11 is 0. The van der Waals surface area contributed by atoms with Gasteiger partial charge in [-0.3, -0.25) is 10.7 Å². The molecule has 0 aliphatic rings. The molecule has 1 aromatic heterocycles. The van der Waals surface area contributed by atoms with E-state index in [0.29, 0.717) is 6.42 Å². The highest BCUT2D eigenvalue weighted by molar-refractivity contribution is 5.43. The summed E-state index contributed by atoms with van der Waals surface area (Å²) in [5.41, 5.74) is 5.82. The Morgan fingerprint density at radius 2 is 2.21 bits per heavy atom. The minimum absolute atomic E-state index is 0.107. The van der Waals surface area contributed by atoms with Gasteiger partial charge in [-0.15, -0.1) is 0 Å². The zero-order valence-corrected chi connectivity index (χ0v) is 7.80. The molecule has 0 atom stereocenters. The maximum atomic E-state index is 8.80. The van der Waals surface area contributed by atoms with Crippen molar-refractivity contribution in [1.82, 2.24) is 4.98 Å². The third-order valence-electron chi connectivity index (χ3n) is 1.66. The normalized spacial score (nSPS) is 12.2. The Hall–Kier alpha value is -1.23. The minimum Gasteiger partial charge on any atom is -0.354 e. The van der Waals surface area contributed by atoms with E-state index in [0.717, 1.165) is 5.69 Å². The molecule has 76 valence electrons. The number of hydrogen-bond acceptors (Lipinski definition) is 4. The molecule has 0 bridgehead atoms. The van der Waals surface area contributed by atoms with Gasteiger partial charge in [0.25, 0.3) is 0 Å². The molecule has 0 aliphatic carbocycles. The van der Waals surface area contributed by atoms with Crippen molar-refractivity contribution in [2.24, 2.45) is 5.73 Å². The number of nitrogens with two attached hydrogens (primary N) is 1. The third kappa shape index (κ3) is 4.71. The molecule has 1 rings (SSSR count). The van der Waals surface area contributed by atoms with Gasteiger partial charge in [-0.05, 0) is 24.6 Å². The van der Waals surface area contributed by atoms with Crippen molar-refractivity contribution in [2.45, 2.75) is 18.8 Å². The summed E-state index contributed by atoms with van der Waals surface area (Å²) in [5, 5.41) is 17.6. The van der Waals surface area contributed by atoms with Crippen LogP contribution in [0.2, 0.25) is 0 Å².